The van der Waals surface area contributed by atoms with Crippen molar-refractivity contribution in [1.29, 1.82) is 0 Å². The molecule has 0 radical (unpaired) electrons. The number of hydrogen-bond donors (Lipinski definition) is 2. The Hall–Kier alpha value is -1.95. The van der Waals surface area contributed by atoms with Crippen molar-refractivity contribution in [3.63, 3.8) is 0 Å². The van der Waals surface area contributed by atoms with Gasteiger partial charge in [0.2, 0.25) is 5.91 Å². The molecule has 18 heavy (non-hydrogen) atoms. The third-order valence-electron chi connectivity index (χ3n) is 2.41. The molecule has 1 amide bonds. The quantitative estimate of drug-likeness (QED) is 0.885. The van der Waals surface area contributed by atoms with E-state index in [1.807, 2.05) is 26.0 Å². The van der Waals surface area contributed by atoms with E-state index >= 15 is 0 Å². The van der Waals surface area contributed by atoms with Crippen LogP contribution in [0.15, 0.2) is 17.5 Å². The van der Waals surface area contributed by atoms with Crippen molar-refractivity contribution in [3.8, 4) is 0 Å². The standard InChI is InChI=1S/C12H14N4OS/c1-7-3-4-10(8(2)14-7)16-11(17)5-9-6-18-12(13)15-9/h3-4,6H,5H2,1-2H3,(H2,13,15)(H,16,17). The van der Waals surface area contributed by atoms with Crippen molar-refractivity contribution in [2.24, 2.45) is 0 Å². The fraction of sp³-hybridized carbons (Fsp3) is 0.250. The maximum atomic E-state index is 11.8. The molecule has 2 rings (SSSR count). The van der Waals surface area contributed by atoms with Gasteiger partial charge in [-0.25, -0.2) is 4.98 Å². The summed E-state index contributed by atoms with van der Waals surface area (Å²) in [5, 5.41) is 5.08. The minimum atomic E-state index is -0.117. The van der Waals surface area contributed by atoms with Crippen molar-refractivity contribution >= 4 is 28.1 Å². The van der Waals surface area contributed by atoms with E-state index in [1.54, 1.807) is 5.38 Å². The molecule has 0 atom stereocenters. The van der Waals surface area contributed by atoms with Gasteiger partial charge in [0, 0.05) is 11.1 Å². The number of aromatic nitrogens is 2. The Morgan fingerprint density at radius 3 is 2.78 bits per heavy atom. The summed E-state index contributed by atoms with van der Waals surface area (Å²) in [6.07, 6.45) is 0.223. The van der Waals surface area contributed by atoms with Gasteiger partial charge in [-0.2, -0.15) is 0 Å². The second-order valence-electron chi connectivity index (χ2n) is 3.99. The van der Waals surface area contributed by atoms with E-state index in [-0.39, 0.29) is 12.3 Å². The summed E-state index contributed by atoms with van der Waals surface area (Å²) in [5.74, 6) is -0.117. The largest absolute Gasteiger partial charge is 0.375 e. The van der Waals surface area contributed by atoms with Gasteiger partial charge in [0.05, 0.1) is 23.5 Å². The van der Waals surface area contributed by atoms with Crippen LogP contribution in [-0.4, -0.2) is 15.9 Å². The number of carbonyl (C=O) groups is 1. The first-order chi connectivity index (χ1) is 8.54. The molecule has 0 aliphatic heterocycles. The molecule has 94 valence electrons. The zero-order valence-corrected chi connectivity index (χ0v) is 11.0. The number of hydrogen-bond acceptors (Lipinski definition) is 5. The summed E-state index contributed by atoms with van der Waals surface area (Å²) >= 11 is 1.33. The Bertz CT molecular complexity index is 579. The predicted octanol–water partition coefficient (Wildman–Crippen LogP) is 1.92. The van der Waals surface area contributed by atoms with Gasteiger partial charge < -0.3 is 11.1 Å². The average Bonchev–Trinajstić information content (AvgIpc) is 2.68. The van der Waals surface area contributed by atoms with Crippen LogP contribution in [0.4, 0.5) is 10.8 Å². The topological polar surface area (TPSA) is 80.9 Å². The van der Waals surface area contributed by atoms with Gasteiger partial charge in [0.25, 0.3) is 0 Å². The van der Waals surface area contributed by atoms with E-state index in [2.05, 4.69) is 15.3 Å². The van der Waals surface area contributed by atoms with Crippen LogP contribution in [0.3, 0.4) is 0 Å². The maximum absolute atomic E-state index is 11.8. The smallest absolute Gasteiger partial charge is 0.230 e. The van der Waals surface area contributed by atoms with Gasteiger partial charge in [0.1, 0.15) is 0 Å². The molecule has 6 heteroatoms. The first kappa shape index (κ1) is 12.5. The Morgan fingerprint density at radius 2 is 2.17 bits per heavy atom. The third kappa shape index (κ3) is 3.04. The van der Waals surface area contributed by atoms with Gasteiger partial charge in [-0.15, -0.1) is 11.3 Å². The van der Waals surface area contributed by atoms with Crippen LogP contribution in [0.5, 0.6) is 0 Å². The van der Waals surface area contributed by atoms with E-state index in [0.717, 1.165) is 17.1 Å². The molecule has 2 aromatic rings. The molecule has 2 heterocycles. The summed E-state index contributed by atoms with van der Waals surface area (Å²) < 4.78 is 0. The van der Waals surface area contributed by atoms with Crippen LogP contribution >= 0.6 is 11.3 Å². The molecule has 3 N–H and O–H groups in total. The van der Waals surface area contributed by atoms with Crippen molar-refractivity contribution in [2.45, 2.75) is 20.3 Å². The van der Waals surface area contributed by atoms with Crippen LogP contribution < -0.4 is 11.1 Å². The number of carbonyl (C=O) groups excluding carboxylic acids is 1. The van der Waals surface area contributed by atoms with Crippen LogP contribution in [0.25, 0.3) is 0 Å². The van der Waals surface area contributed by atoms with Crippen LogP contribution in [0, 0.1) is 13.8 Å². The number of nitrogen functional groups attached to an aromatic ring is 1. The van der Waals surface area contributed by atoms with Crippen LogP contribution in [0.2, 0.25) is 0 Å². The minimum absolute atomic E-state index is 0.117. The number of amides is 1. The molecule has 0 aromatic carbocycles. The van der Waals surface area contributed by atoms with Gasteiger partial charge in [0.15, 0.2) is 5.13 Å². The first-order valence-electron chi connectivity index (χ1n) is 5.48. The molecular formula is C12H14N4OS. The Morgan fingerprint density at radius 1 is 1.39 bits per heavy atom. The van der Waals surface area contributed by atoms with Crippen LogP contribution in [-0.2, 0) is 11.2 Å². The van der Waals surface area contributed by atoms with Crippen molar-refractivity contribution in [1.82, 2.24) is 9.97 Å². The average molecular weight is 262 g/mol. The molecule has 0 bridgehead atoms. The molecule has 0 saturated heterocycles. The second-order valence-corrected chi connectivity index (χ2v) is 4.88. The number of nitrogens with one attached hydrogen (secondary N) is 1. The maximum Gasteiger partial charge on any atom is 0.230 e. The van der Waals surface area contributed by atoms with E-state index in [9.17, 15) is 4.79 Å². The van der Waals surface area contributed by atoms with E-state index < -0.39 is 0 Å². The van der Waals surface area contributed by atoms with E-state index in [0.29, 0.717) is 10.8 Å². The van der Waals surface area contributed by atoms with Crippen LogP contribution in [0.1, 0.15) is 17.1 Å². The highest BCUT2D eigenvalue weighted by molar-refractivity contribution is 7.13. The van der Waals surface area contributed by atoms with Gasteiger partial charge in [-0.3, -0.25) is 9.78 Å². The number of anilines is 2. The summed E-state index contributed by atoms with van der Waals surface area (Å²) in [6.45, 7) is 3.78. The highest BCUT2D eigenvalue weighted by Crippen LogP contribution is 2.15. The zero-order valence-electron chi connectivity index (χ0n) is 10.2. The fourth-order valence-electron chi connectivity index (χ4n) is 1.58. The summed E-state index contributed by atoms with van der Waals surface area (Å²) in [6, 6.07) is 3.72. The first-order valence-corrected chi connectivity index (χ1v) is 6.36. The lowest BCUT2D eigenvalue weighted by Crippen LogP contribution is -2.15. The molecule has 0 unspecified atom stereocenters. The number of thiazole rings is 1. The second kappa shape index (κ2) is 5.14. The Kier molecular flexibility index (Phi) is 3.57. The van der Waals surface area contributed by atoms with Crippen molar-refractivity contribution in [2.75, 3.05) is 11.1 Å². The highest BCUT2D eigenvalue weighted by atomic mass is 32.1. The van der Waals surface area contributed by atoms with E-state index in [1.165, 1.54) is 11.3 Å². The molecule has 5 nitrogen and oxygen atoms in total. The summed E-state index contributed by atoms with van der Waals surface area (Å²) in [7, 11) is 0. The fourth-order valence-corrected chi connectivity index (χ4v) is 2.14. The lowest BCUT2D eigenvalue weighted by Gasteiger charge is -2.07. The molecule has 0 saturated carbocycles. The third-order valence-corrected chi connectivity index (χ3v) is 3.13. The molecule has 2 aromatic heterocycles. The number of rotatable bonds is 3. The van der Waals surface area contributed by atoms with Gasteiger partial charge in [-0.05, 0) is 26.0 Å². The van der Waals surface area contributed by atoms with Crippen molar-refractivity contribution in [3.05, 3.63) is 34.6 Å². The molecule has 0 spiro atoms. The van der Waals surface area contributed by atoms with Gasteiger partial charge >= 0.3 is 0 Å². The Labute approximate surface area is 109 Å². The minimum Gasteiger partial charge on any atom is -0.375 e. The van der Waals surface area contributed by atoms with E-state index in [4.69, 9.17) is 5.73 Å². The number of nitrogens with zero attached hydrogens (tertiary/aromatic N) is 2. The normalized spacial score (nSPS) is 10.3. The monoisotopic (exact) mass is 262 g/mol. The molecule has 0 aliphatic carbocycles. The molecule has 0 aliphatic rings. The summed E-state index contributed by atoms with van der Waals surface area (Å²) in [4.78, 5) is 20.2. The van der Waals surface area contributed by atoms with Crippen molar-refractivity contribution < 1.29 is 4.79 Å². The zero-order chi connectivity index (χ0) is 13.1. The number of aryl methyl sites for hydroxylation is 2. The number of pyridine rings is 1. The molecule has 0 fully saturated rings. The lowest BCUT2D eigenvalue weighted by atomic mass is 10.2. The molecular weight excluding hydrogens is 248 g/mol. The predicted molar refractivity (Wildman–Crippen MR) is 72.6 cm³/mol. The SMILES string of the molecule is Cc1ccc(NC(=O)Cc2csc(N)n2)c(C)n1. The lowest BCUT2D eigenvalue weighted by molar-refractivity contribution is -0.115. The highest BCUT2D eigenvalue weighted by Gasteiger charge is 2.08. The summed E-state index contributed by atoms with van der Waals surface area (Å²) in [5.41, 5.74) is 8.67. The van der Waals surface area contributed by atoms with Gasteiger partial charge in [-0.1, -0.05) is 0 Å². The Balaban J connectivity index is 2.03. The number of nitrogens with two attached hydrogens (primary N) is 1.